The summed E-state index contributed by atoms with van der Waals surface area (Å²) >= 11 is 0. The molecule has 0 aliphatic heterocycles. The topological polar surface area (TPSA) is 58.2 Å². The molecule has 0 aromatic heterocycles. The molecule has 0 saturated carbocycles. The van der Waals surface area contributed by atoms with Crippen LogP contribution < -0.4 is 10.6 Å². The van der Waals surface area contributed by atoms with Gasteiger partial charge in [0.1, 0.15) is 0 Å². The lowest BCUT2D eigenvalue weighted by Gasteiger charge is -2.20. The first-order valence-corrected chi connectivity index (χ1v) is 8.42. The quantitative estimate of drug-likeness (QED) is 0.524. The standard InChI is InChI=1S/C22H20N2O2/c1-16-12-14-19(15-13-16)23-21(20(25)17-8-4-2-5-9-17)24-22(26)18-10-6-3-7-11-18/h2-15,21,23H,1H3,(H,24,26). The van der Waals surface area contributed by atoms with Crippen LogP contribution in [0.3, 0.4) is 0 Å². The van der Waals surface area contributed by atoms with E-state index in [1.165, 1.54) is 0 Å². The summed E-state index contributed by atoms with van der Waals surface area (Å²) in [5, 5.41) is 5.92. The Bertz CT molecular complexity index is 875. The molecular formula is C22H20N2O2. The largest absolute Gasteiger partial charge is 0.359 e. The lowest BCUT2D eigenvalue weighted by Crippen LogP contribution is -2.46. The smallest absolute Gasteiger partial charge is 0.253 e. The van der Waals surface area contributed by atoms with Gasteiger partial charge in [0, 0.05) is 16.8 Å². The predicted octanol–water partition coefficient (Wildman–Crippen LogP) is 4.05. The average Bonchev–Trinajstić information content (AvgIpc) is 2.70. The molecule has 4 heteroatoms. The Kier molecular flexibility index (Phi) is 5.44. The number of Topliss-reactive ketones (excluding diaryl/α,β-unsaturated/α-hetero) is 1. The average molecular weight is 344 g/mol. The highest BCUT2D eigenvalue weighted by Gasteiger charge is 2.22. The van der Waals surface area contributed by atoms with Crippen LogP contribution in [0.15, 0.2) is 84.9 Å². The van der Waals surface area contributed by atoms with E-state index in [-0.39, 0.29) is 11.7 Å². The molecule has 0 aliphatic rings. The number of benzene rings is 3. The molecule has 1 amide bonds. The summed E-state index contributed by atoms with van der Waals surface area (Å²) in [6.07, 6.45) is -0.868. The van der Waals surface area contributed by atoms with Crippen LogP contribution in [0.25, 0.3) is 0 Å². The van der Waals surface area contributed by atoms with E-state index in [0.717, 1.165) is 11.3 Å². The van der Waals surface area contributed by atoms with Crippen molar-refractivity contribution < 1.29 is 9.59 Å². The summed E-state index contributed by atoms with van der Waals surface area (Å²) in [4.78, 5) is 25.4. The normalized spacial score (nSPS) is 11.4. The zero-order valence-corrected chi connectivity index (χ0v) is 14.5. The van der Waals surface area contributed by atoms with Crippen molar-refractivity contribution in [2.45, 2.75) is 13.1 Å². The molecule has 26 heavy (non-hydrogen) atoms. The van der Waals surface area contributed by atoms with Crippen LogP contribution in [-0.4, -0.2) is 17.9 Å². The summed E-state index contributed by atoms with van der Waals surface area (Å²) < 4.78 is 0. The second-order valence-corrected chi connectivity index (χ2v) is 6.01. The fourth-order valence-electron chi connectivity index (χ4n) is 2.56. The van der Waals surface area contributed by atoms with Crippen molar-refractivity contribution in [3.05, 3.63) is 102 Å². The van der Waals surface area contributed by atoms with Gasteiger partial charge in [0.15, 0.2) is 6.17 Å². The van der Waals surface area contributed by atoms with E-state index >= 15 is 0 Å². The fraction of sp³-hybridized carbons (Fsp3) is 0.0909. The van der Waals surface area contributed by atoms with E-state index < -0.39 is 6.17 Å². The van der Waals surface area contributed by atoms with Crippen LogP contribution in [0.5, 0.6) is 0 Å². The summed E-state index contributed by atoms with van der Waals surface area (Å²) in [6, 6.07) is 25.4. The molecule has 4 nitrogen and oxygen atoms in total. The van der Waals surface area contributed by atoms with Crippen molar-refractivity contribution in [3.63, 3.8) is 0 Å². The van der Waals surface area contributed by atoms with Crippen LogP contribution in [0.4, 0.5) is 5.69 Å². The van der Waals surface area contributed by atoms with Gasteiger partial charge in [0.2, 0.25) is 5.78 Å². The molecule has 0 radical (unpaired) electrons. The Morgan fingerprint density at radius 1 is 0.731 bits per heavy atom. The maximum absolute atomic E-state index is 12.9. The highest BCUT2D eigenvalue weighted by Crippen LogP contribution is 2.12. The molecular weight excluding hydrogens is 324 g/mol. The van der Waals surface area contributed by atoms with Crippen LogP contribution >= 0.6 is 0 Å². The Hall–Kier alpha value is -3.40. The van der Waals surface area contributed by atoms with Gasteiger partial charge < -0.3 is 10.6 Å². The minimum absolute atomic E-state index is 0.199. The number of nitrogens with one attached hydrogen (secondary N) is 2. The molecule has 3 aromatic rings. The van der Waals surface area contributed by atoms with E-state index in [2.05, 4.69) is 10.6 Å². The van der Waals surface area contributed by atoms with E-state index in [0.29, 0.717) is 11.1 Å². The monoisotopic (exact) mass is 344 g/mol. The minimum Gasteiger partial charge on any atom is -0.359 e. The van der Waals surface area contributed by atoms with Crippen LogP contribution in [0.1, 0.15) is 26.3 Å². The van der Waals surface area contributed by atoms with Crippen molar-refractivity contribution in [3.8, 4) is 0 Å². The first-order valence-electron chi connectivity index (χ1n) is 8.42. The minimum atomic E-state index is -0.868. The SMILES string of the molecule is Cc1ccc(NC(NC(=O)c2ccccc2)C(=O)c2ccccc2)cc1. The van der Waals surface area contributed by atoms with E-state index in [9.17, 15) is 9.59 Å². The first kappa shape index (κ1) is 17.4. The van der Waals surface area contributed by atoms with Gasteiger partial charge in [-0.3, -0.25) is 9.59 Å². The van der Waals surface area contributed by atoms with Crippen LogP contribution in [0.2, 0.25) is 0 Å². The maximum Gasteiger partial charge on any atom is 0.253 e. The summed E-state index contributed by atoms with van der Waals surface area (Å²) in [6.45, 7) is 1.99. The molecule has 3 rings (SSSR count). The molecule has 0 bridgehead atoms. The van der Waals surface area contributed by atoms with Gasteiger partial charge in [0.25, 0.3) is 5.91 Å². The second kappa shape index (κ2) is 8.12. The maximum atomic E-state index is 12.9. The number of aryl methyl sites for hydroxylation is 1. The summed E-state index contributed by atoms with van der Waals surface area (Å²) in [5.74, 6) is -0.505. The molecule has 0 saturated heterocycles. The number of carbonyl (C=O) groups excluding carboxylic acids is 2. The Balaban J connectivity index is 1.84. The first-order chi connectivity index (χ1) is 12.6. The Morgan fingerprint density at radius 3 is 1.85 bits per heavy atom. The Labute approximate surface area is 152 Å². The molecule has 1 atom stereocenters. The van der Waals surface area contributed by atoms with Crippen molar-refractivity contribution >= 4 is 17.4 Å². The Morgan fingerprint density at radius 2 is 1.27 bits per heavy atom. The van der Waals surface area contributed by atoms with Gasteiger partial charge in [-0.05, 0) is 31.2 Å². The molecule has 0 heterocycles. The molecule has 0 fully saturated rings. The van der Waals surface area contributed by atoms with Gasteiger partial charge in [-0.1, -0.05) is 66.2 Å². The van der Waals surface area contributed by atoms with Crippen molar-refractivity contribution in [2.75, 3.05) is 5.32 Å². The third-order valence-electron chi connectivity index (χ3n) is 3.99. The van der Waals surface area contributed by atoms with Crippen LogP contribution in [0, 0.1) is 6.92 Å². The van der Waals surface area contributed by atoms with Gasteiger partial charge >= 0.3 is 0 Å². The molecule has 3 aromatic carbocycles. The van der Waals surface area contributed by atoms with Gasteiger partial charge in [-0.25, -0.2) is 0 Å². The van der Waals surface area contributed by atoms with Gasteiger partial charge in [-0.2, -0.15) is 0 Å². The molecule has 1 unspecified atom stereocenters. The van der Waals surface area contributed by atoms with E-state index in [4.69, 9.17) is 0 Å². The number of ketones is 1. The molecule has 2 N–H and O–H groups in total. The number of rotatable bonds is 6. The predicted molar refractivity (Wildman–Crippen MR) is 103 cm³/mol. The summed E-state index contributed by atoms with van der Waals surface area (Å²) in [7, 11) is 0. The number of carbonyl (C=O) groups is 2. The highest BCUT2D eigenvalue weighted by molar-refractivity contribution is 6.05. The zero-order chi connectivity index (χ0) is 18.4. The molecule has 0 aliphatic carbocycles. The van der Waals surface area contributed by atoms with Crippen LogP contribution in [-0.2, 0) is 0 Å². The number of hydrogen-bond acceptors (Lipinski definition) is 3. The lowest BCUT2D eigenvalue weighted by atomic mass is 10.1. The third kappa shape index (κ3) is 4.36. The number of hydrogen-bond donors (Lipinski definition) is 2. The van der Waals surface area contributed by atoms with Crippen molar-refractivity contribution in [2.24, 2.45) is 0 Å². The zero-order valence-electron chi connectivity index (χ0n) is 14.5. The fourth-order valence-corrected chi connectivity index (χ4v) is 2.56. The second-order valence-electron chi connectivity index (χ2n) is 6.01. The van der Waals surface area contributed by atoms with Gasteiger partial charge in [-0.15, -0.1) is 0 Å². The van der Waals surface area contributed by atoms with Crippen molar-refractivity contribution in [1.82, 2.24) is 5.32 Å². The van der Waals surface area contributed by atoms with E-state index in [1.807, 2.05) is 43.3 Å². The molecule has 130 valence electrons. The highest BCUT2D eigenvalue weighted by atomic mass is 16.2. The lowest BCUT2D eigenvalue weighted by molar-refractivity contribution is 0.0869. The number of anilines is 1. The summed E-state index contributed by atoms with van der Waals surface area (Å²) in [5.41, 5.74) is 2.92. The van der Waals surface area contributed by atoms with Gasteiger partial charge in [0.05, 0.1) is 0 Å². The van der Waals surface area contributed by atoms with E-state index in [1.54, 1.807) is 48.5 Å². The van der Waals surface area contributed by atoms with Crippen molar-refractivity contribution in [1.29, 1.82) is 0 Å². The molecule has 0 spiro atoms. The number of amides is 1. The third-order valence-corrected chi connectivity index (χ3v) is 3.99.